The fraction of sp³-hybridized carbons (Fsp3) is 0.0625. The van der Waals surface area contributed by atoms with Crippen LogP contribution in [0.2, 0.25) is 0 Å². The number of H-pyrrole nitrogens is 2. The molecule has 40 heavy (non-hydrogen) atoms. The van der Waals surface area contributed by atoms with Crippen molar-refractivity contribution in [2.24, 2.45) is 0 Å². The highest BCUT2D eigenvalue weighted by Gasteiger charge is 2.15. The van der Waals surface area contributed by atoms with Crippen molar-refractivity contribution in [1.29, 1.82) is 0 Å². The van der Waals surface area contributed by atoms with Gasteiger partial charge >= 0.3 is 0 Å². The molecule has 0 saturated heterocycles. The number of aliphatic hydroxyl groups is 1. The van der Waals surface area contributed by atoms with Crippen molar-refractivity contribution in [2.45, 2.75) is 12.6 Å². The molecule has 0 aliphatic rings. The Bertz CT molecular complexity index is 1930. The quantitative estimate of drug-likeness (QED) is 0.185. The van der Waals surface area contributed by atoms with Gasteiger partial charge in [0.05, 0.1) is 28.8 Å². The Morgan fingerprint density at radius 2 is 1.70 bits per heavy atom. The summed E-state index contributed by atoms with van der Waals surface area (Å²) >= 11 is 0. The number of benzene rings is 2. The predicted octanol–water partition coefficient (Wildman–Crippen LogP) is 6.20. The molecule has 0 amide bonds. The summed E-state index contributed by atoms with van der Waals surface area (Å²) in [5.41, 5.74) is 9.02. The molecule has 194 valence electrons. The van der Waals surface area contributed by atoms with Crippen LogP contribution in [0, 0.1) is 0 Å². The van der Waals surface area contributed by atoms with Crippen molar-refractivity contribution in [3.63, 3.8) is 0 Å². The number of aromatic amines is 2. The van der Waals surface area contributed by atoms with Crippen LogP contribution in [-0.2, 0) is 6.42 Å². The Labute approximate surface area is 229 Å². The van der Waals surface area contributed by atoms with Crippen LogP contribution >= 0.6 is 0 Å². The molecule has 8 nitrogen and oxygen atoms in total. The van der Waals surface area contributed by atoms with Gasteiger partial charge in [0.2, 0.25) is 0 Å². The van der Waals surface area contributed by atoms with Gasteiger partial charge in [-0.05, 0) is 53.6 Å². The summed E-state index contributed by atoms with van der Waals surface area (Å²) in [6.07, 6.45) is 6.89. The van der Waals surface area contributed by atoms with E-state index in [0.29, 0.717) is 6.42 Å². The summed E-state index contributed by atoms with van der Waals surface area (Å²) in [7, 11) is 0. The Morgan fingerprint density at radius 1 is 0.800 bits per heavy atom. The lowest BCUT2D eigenvalue weighted by Gasteiger charge is -2.15. The number of fused-ring (bicyclic) bond motifs is 2. The lowest BCUT2D eigenvalue weighted by atomic mass is 10.0. The van der Waals surface area contributed by atoms with Gasteiger partial charge in [-0.25, -0.2) is 4.98 Å². The van der Waals surface area contributed by atoms with Gasteiger partial charge in [0, 0.05) is 46.9 Å². The van der Waals surface area contributed by atoms with Crippen LogP contribution in [0.15, 0.2) is 110 Å². The van der Waals surface area contributed by atoms with Gasteiger partial charge in [0.15, 0.2) is 0 Å². The molecule has 1 atom stereocenters. The van der Waals surface area contributed by atoms with E-state index in [1.165, 1.54) is 0 Å². The Balaban J connectivity index is 1.21. The highest BCUT2D eigenvalue weighted by atomic mass is 16.3. The van der Waals surface area contributed by atoms with E-state index in [1.54, 1.807) is 18.6 Å². The Morgan fingerprint density at radius 3 is 2.58 bits per heavy atom. The molecule has 7 aromatic rings. The molecule has 0 bridgehead atoms. The number of rotatable bonds is 7. The summed E-state index contributed by atoms with van der Waals surface area (Å²) in [5, 5.41) is 23.5. The average molecular weight is 524 g/mol. The van der Waals surface area contributed by atoms with Gasteiger partial charge in [-0.2, -0.15) is 5.10 Å². The summed E-state index contributed by atoms with van der Waals surface area (Å²) in [4.78, 5) is 16.9. The van der Waals surface area contributed by atoms with Crippen LogP contribution < -0.4 is 5.32 Å². The van der Waals surface area contributed by atoms with E-state index in [4.69, 9.17) is 0 Å². The molecule has 0 aliphatic carbocycles. The van der Waals surface area contributed by atoms with Crippen molar-refractivity contribution in [3.8, 4) is 33.8 Å². The fourth-order valence-corrected chi connectivity index (χ4v) is 5.06. The van der Waals surface area contributed by atoms with Crippen LogP contribution in [0.1, 0.15) is 5.56 Å². The van der Waals surface area contributed by atoms with Gasteiger partial charge in [-0.3, -0.25) is 15.1 Å². The molecular formula is C32H25N7O. The van der Waals surface area contributed by atoms with Crippen molar-refractivity contribution in [1.82, 2.24) is 30.1 Å². The third-order valence-corrected chi connectivity index (χ3v) is 6.97. The SMILES string of the molecule is OC(Cc1ccccc1)Nc1cncc(-c2ccc3[nH]nc(-c4cc5c(-c6ccccn6)ccnc5[nH]4)c3c2)c1. The second-order valence-corrected chi connectivity index (χ2v) is 9.66. The molecule has 1 unspecified atom stereocenters. The standard InChI is InChI=1S/C32H25N7O/c40-30(14-20-6-2-1-3-7-20)36-23-15-22(18-33-19-23)21-9-10-28-26(16-21)31(39-38-28)29-17-25-24(11-13-35-32(25)37-29)27-8-4-5-12-34-27/h1-13,15-19,30,36,40H,14H2,(H,35,37)(H,38,39). The van der Waals surface area contributed by atoms with Crippen LogP contribution in [0.3, 0.4) is 0 Å². The van der Waals surface area contributed by atoms with Crippen LogP contribution in [0.5, 0.6) is 0 Å². The number of anilines is 1. The summed E-state index contributed by atoms with van der Waals surface area (Å²) in [6.45, 7) is 0. The summed E-state index contributed by atoms with van der Waals surface area (Å²) in [6, 6.07) is 28.0. The smallest absolute Gasteiger partial charge is 0.138 e. The maximum atomic E-state index is 10.6. The molecule has 4 N–H and O–H groups in total. The maximum Gasteiger partial charge on any atom is 0.138 e. The molecule has 0 spiro atoms. The zero-order valence-corrected chi connectivity index (χ0v) is 21.4. The first-order valence-electron chi connectivity index (χ1n) is 13.0. The highest BCUT2D eigenvalue weighted by molar-refractivity contribution is 6.00. The van der Waals surface area contributed by atoms with E-state index in [1.807, 2.05) is 79.0 Å². The lowest BCUT2D eigenvalue weighted by Crippen LogP contribution is -2.21. The molecule has 8 heteroatoms. The number of aliphatic hydroxyl groups excluding tert-OH is 1. The van der Waals surface area contributed by atoms with Crippen LogP contribution in [-0.4, -0.2) is 41.5 Å². The fourth-order valence-electron chi connectivity index (χ4n) is 5.06. The molecule has 0 fully saturated rings. The van der Waals surface area contributed by atoms with Crippen LogP contribution in [0.25, 0.3) is 55.7 Å². The Kier molecular flexibility index (Phi) is 5.99. The van der Waals surface area contributed by atoms with E-state index in [9.17, 15) is 5.11 Å². The second-order valence-electron chi connectivity index (χ2n) is 9.66. The highest BCUT2D eigenvalue weighted by Crippen LogP contribution is 2.34. The first-order chi connectivity index (χ1) is 19.7. The minimum Gasteiger partial charge on any atom is -0.373 e. The Hall–Kier alpha value is -5.34. The molecule has 7 rings (SSSR count). The number of nitrogens with zero attached hydrogens (tertiary/aromatic N) is 4. The number of hydrogen-bond donors (Lipinski definition) is 4. The van der Waals surface area contributed by atoms with E-state index in [2.05, 4.69) is 47.6 Å². The van der Waals surface area contributed by atoms with Crippen molar-refractivity contribution >= 4 is 27.6 Å². The summed E-state index contributed by atoms with van der Waals surface area (Å²) < 4.78 is 0. The maximum absolute atomic E-state index is 10.6. The van der Waals surface area contributed by atoms with Gasteiger partial charge < -0.3 is 15.4 Å². The normalized spacial score (nSPS) is 12.1. The summed E-state index contributed by atoms with van der Waals surface area (Å²) in [5.74, 6) is 0. The van der Waals surface area contributed by atoms with Crippen LogP contribution in [0.4, 0.5) is 5.69 Å². The molecule has 0 aliphatic heterocycles. The number of nitrogens with one attached hydrogen (secondary N) is 3. The van der Waals surface area contributed by atoms with E-state index < -0.39 is 6.23 Å². The van der Waals surface area contributed by atoms with Crippen molar-refractivity contribution in [3.05, 3.63) is 115 Å². The van der Waals surface area contributed by atoms with Gasteiger partial charge in [0.25, 0.3) is 0 Å². The molecule has 5 aromatic heterocycles. The average Bonchev–Trinajstić information content (AvgIpc) is 3.62. The largest absolute Gasteiger partial charge is 0.373 e. The van der Waals surface area contributed by atoms with Gasteiger partial charge in [-0.1, -0.05) is 42.5 Å². The van der Waals surface area contributed by atoms with E-state index >= 15 is 0 Å². The molecule has 0 radical (unpaired) electrons. The van der Waals surface area contributed by atoms with Crippen molar-refractivity contribution < 1.29 is 5.11 Å². The minimum atomic E-state index is -0.728. The third kappa shape index (κ3) is 4.57. The molecule has 2 aromatic carbocycles. The number of pyridine rings is 3. The monoisotopic (exact) mass is 523 g/mol. The molecular weight excluding hydrogens is 498 g/mol. The molecule has 0 saturated carbocycles. The third-order valence-electron chi connectivity index (χ3n) is 6.97. The van der Waals surface area contributed by atoms with Gasteiger partial charge in [-0.15, -0.1) is 0 Å². The van der Waals surface area contributed by atoms with E-state index in [-0.39, 0.29) is 0 Å². The van der Waals surface area contributed by atoms with E-state index in [0.717, 1.165) is 67.0 Å². The first-order valence-corrected chi connectivity index (χ1v) is 13.0. The topological polar surface area (TPSA) is 115 Å². The second kappa shape index (κ2) is 10.1. The zero-order chi connectivity index (χ0) is 26.9. The number of hydrogen-bond acceptors (Lipinski definition) is 6. The first kappa shape index (κ1) is 23.8. The lowest BCUT2D eigenvalue weighted by molar-refractivity contribution is 0.204. The number of aromatic nitrogens is 6. The zero-order valence-electron chi connectivity index (χ0n) is 21.4. The minimum absolute atomic E-state index is 0.497. The van der Waals surface area contributed by atoms with Crippen molar-refractivity contribution in [2.75, 3.05) is 5.32 Å². The molecule has 5 heterocycles. The predicted molar refractivity (Wildman–Crippen MR) is 157 cm³/mol. The van der Waals surface area contributed by atoms with Gasteiger partial charge in [0.1, 0.15) is 17.6 Å².